The number of carbonyl (C=O) groups excluding carboxylic acids is 1. The molecule has 1 amide bonds. The Morgan fingerprint density at radius 1 is 1.11 bits per heavy atom. The summed E-state index contributed by atoms with van der Waals surface area (Å²) in [7, 11) is 0. The lowest BCUT2D eigenvalue weighted by Crippen LogP contribution is -2.49. The van der Waals surface area contributed by atoms with Crippen LogP contribution < -0.4 is 5.32 Å². The largest absolute Gasteiger partial charge is 0.341 e. The van der Waals surface area contributed by atoms with Gasteiger partial charge in [-0.05, 0) is 51.7 Å². The first kappa shape index (κ1) is 14.8. The van der Waals surface area contributed by atoms with Crippen molar-refractivity contribution in [2.45, 2.75) is 51.5 Å². The summed E-state index contributed by atoms with van der Waals surface area (Å²) in [5.41, 5.74) is 0. The van der Waals surface area contributed by atoms with E-state index in [2.05, 4.69) is 17.1 Å². The van der Waals surface area contributed by atoms with Crippen LogP contribution in [0.5, 0.6) is 0 Å². The third-order valence-electron chi connectivity index (χ3n) is 4.43. The average Bonchev–Trinajstić information content (AvgIpc) is 2.48. The van der Waals surface area contributed by atoms with Crippen LogP contribution in [0.15, 0.2) is 0 Å². The molecule has 4 heteroatoms. The Bertz CT molecular complexity index is 269. The van der Waals surface area contributed by atoms with Gasteiger partial charge in [0.2, 0.25) is 5.91 Å². The Labute approximate surface area is 117 Å². The van der Waals surface area contributed by atoms with Crippen LogP contribution in [-0.2, 0) is 4.79 Å². The number of carbonyl (C=O) groups is 1. The van der Waals surface area contributed by atoms with E-state index in [4.69, 9.17) is 0 Å². The molecular formula is C15H29N3O. The fraction of sp³-hybridized carbons (Fsp3) is 0.933. The summed E-state index contributed by atoms with van der Waals surface area (Å²) in [6.07, 6.45) is 7.54. The molecule has 2 heterocycles. The summed E-state index contributed by atoms with van der Waals surface area (Å²) in [4.78, 5) is 16.7. The monoisotopic (exact) mass is 267 g/mol. The molecule has 1 N–H and O–H groups in total. The highest BCUT2D eigenvalue weighted by molar-refractivity contribution is 5.78. The second-order valence-electron chi connectivity index (χ2n) is 5.89. The van der Waals surface area contributed by atoms with Crippen LogP contribution in [0.2, 0.25) is 0 Å². The van der Waals surface area contributed by atoms with Crippen LogP contribution in [0, 0.1) is 0 Å². The Kier molecular flexibility index (Phi) is 6.11. The Hall–Kier alpha value is -0.610. The predicted octanol–water partition coefficient (Wildman–Crippen LogP) is 1.46. The van der Waals surface area contributed by atoms with Gasteiger partial charge in [-0.15, -0.1) is 0 Å². The number of hydrogen-bond donors (Lipinski definition) is 1. The zero-order chi connectivity index (χ0) is 13.5. The number of nitrogens with one attached hydrogen (secondary N) is 1. The topological polar surface area (TPSA) is 35.6 Å². The molecule has 2 aliphatic heterocycles. The Morgan fingerprint density at radius 3 is 2.42 bits per heavy atom. The minimum absolute atomic E-state index is 0.283. The van der Waals surface area contributed by atoms with E-state index in [1.807, 2.05) is 4.90 Å². The molecule has 0 atom stereocenters. The zero-order valence-corrected chi connectivity index (χ0v) is 12.4. The molecule has 0 spiro atoms. The maximum absolute atomic E-state index is 12.0. The van der Waals surface area contributed by atoms with Gasteiger partial charge in [-0.25, -0.2) is 0 Å². The van der Waals surface area contributed by atoms with E-state index in [0.29, 0.717) is 6.54 Å². The average molecular weight is 267 g/mol. The highest BCUT2D eigenvalue weighted by Crippen LogP contribution is 2.20. The van der Waals surface area contributed by atoms with Gasteiger partial charge in [0, 0.05) is 19.1 Å². The van der Waals surface area contributed by atoms with Crippen LogP contribution in [-0.4, -0.2) is 61.0 Å². The molecule has 0 aliphatic carbocycles. The standard InChI is InChI=1S/C15H29N3O/c1-2-8-16-13-15(19)18-11-6-14(7-12-18)17-9-4-3-5-10-17/h14,16H,2-13H2,1H3. The van der Waals surface area contributed by atoms with E-state index in [0.717, 1.165) is 32.1 Å². The van der Waals surface area contributed by atoms with Crippen molar-refractivity contribution < 1.29 is 4.79 Å². The molecule has 0 aromatic carbocycles. The first-order valence-electron chi connectivity index (χ1n) is 8.04. The number of rotatable bonds is 5. The summed E-state index contributed by atoms with van der Waals surface area (Å²) in [5, 5.41) is 3.21. The van der Waals surface area contributed by atoms with E-state index in [1.165, 1.54) is 45.2 Å². The van der Waals surface area contributed by atoms with Crippen LogP contribution in [0.1, 0.15) is 45.4 Å². The van der Waals surface area contributed by atoms with Crippen molar-refractivity contribution in [3.63, 3.8) is 0 Å². The van der Waals surface area contributed by atoms with Gasteiger partial charge >= 0.3 is 0 Å². The molecule has 110 valence electrons. The summed E-state index contributed by atoms with van der Waals surface area (Å²) < 4.78 is 0. The molecule has 0 unspecified atom stereocenters. The van der Waals surface area contributed by atoms with Crippen LogP contribution >= 0.6 is 0 Å². The molecule has 2 saturated heterocycles. The van der Waals surface area contributed by atoms with E-state index in [-0.39, 0.29) is 5.91 Å². The molecular weight excluding hydrogens is 238 g/mol. The number of likely N-dealkylation sites (tertiary alicyclic amines) is 2. The maximum atomic E-state index is 12.0. The third kappa shape index (κ3) is 4.46. The smallest absolute Gasteiger partial charge is 0.236 e. The summed E-state index contributed by atoms with van der Waals surface area (Å²) in [6.45, 7) is 8.04. The van der Waals surface area contributed by atoms with Crippen LogP contribution in [0.25, 0.3) is 0 Å². The number of nitrogens with zero attached hydrogens (tertiary/aromatic N) is 2. The van der Waals surface area contributed by atoms with Crippen molar-refractivity contribution >= 4 is 5.91 Å². The minimum Gasteiger partial charge on any atom is -0.341 e. The van der Waals surface area contributed by atoms with Gasteiger partial charge in [0.15, 0.2) is 0 Å². The maximum Gasteiger partial charge on any atom is 0.236 e. The fourth-order valence-electron chi connectivity index (χ4n) is 3.25. The zero-order valence-electron chi connectivity index (χ0n) is 12.4. The summed E-state index contributed by atoms with van der Waals surface area (Å²) in [5.74, 6) is 0.283. The Morgan fingerprint density at radius 2 is 1.79 bits per heavy atom. The lowest BCUT2D eigenvalue weighted by molar-refractivity contribution is -0.131. The quantitative estimate of drug-likeness (QED) is 0.766. The summed E-state index contributed by atoms with van der Waals surface area (Å²) >= 11 is 0. The van der Waals surface area contributed by atoms with Gasteiger partial charge in [-0.2, -0.15) is 0 Å². The fourth-order valence-corrected chi connectivity index (χ4v) is 3.25. The van der Waals surface area contributed by atoms with E-state index < -0.39 is 0 Å². The van der Waals surface area contributed by atoms with Gasteiger partial charge in [-0.3, -0.25) is 4.79 Å². The molecule has 0 aromatic rings. The van der Waals surface area contributed by atoms with E-state index in [1.54, 1.807) is 0 Å². The highest BCUT2D eigenvalue weighted by atomic mass is 16.2. The molecule has 2 rings (SSSR count). The lowest BCUT2D eigenvalue weighted by Gasteiger charge is -2.40. The van der Waals surface area contributed by atoms with Gasteiger partial charge in [0.1, 0.15) is 0 Å². The molecule has 0 aromatic heterocycles. The normalized spacial score (nSPS) is 22.7. The van der Waals surface area contributed by atoms with Crippen LogP contribution in [0.4, 0.5) is 0 Å². The van der Waals surface area contributed by atoms with Crippen LogP contribution in [0.3, 0.4) is 0 Å². The first-order valence-corrected chi connectivity index (χ1v) is 8.04. The molecule has 2 fully saturated rings. The molecule has 0 bridgehead atoms. The van der Waals surface area contributed by atoms with Crippen molar-refractivity contribution in [2.75, 3.05) is 39.3 Å². The second-order valence-corrected chi connectivity index (χ2v) is 5.89. The minimum atomic E-state index is 0.283. The molecule has 19 heavy (non-hydrogen) atoms. The van der Waals surface area contributed by atoms with E-state index in [9.17, 15) is 4.79 Å². The lowest BCUT2D eigenvalue weighted by atomic mass is 10.00. The number of piperidine rings is 2. The molecule has 4 nitrogen and oxygen atoms in total. The van der Waals surface area contributed by atoms with Crippen molar-refractivity contribution in [1.82, 2.24) is 15.1 Å². The van der Waals surface area contributed by atoms with Gasteiger partial charge in [-0.1, -0.05) is 13.3 Å². The van der Waals surface area contributed by atoms with Crippen molar-refractivity contribution in [3.05, 3.63) is 0 Å². The predicted molar refractivity (Wildman–Crippen MR) is 78.2 cm³/mol. The van der Waals surface area contributed by atoms with Crippen molar-refractivity contribution in [2.24, 2.45) is 0 Å². The first-order chi connectivity index (χ1) is 9.31. The molecule has 0 radical (unpaired) electrons. The second kappa shape index (κ2) is 7.85. The van der Waals surface area contributed by atoms with Gasteiger partial charge in [0.25, 0.3) is 0 Å². The SMILES string of the molecule is CCCNCC(=O)N1CCC(N2CCCCC2)CC1. The van der Waals surface area contributed by atoms with Crippen molar-refractivity contribution in [1.29, 1.82) is 0 Å². The van der Waals surface area contributed by atoms with Gasteiger partial charge in [0.05, 0.1) is 6.54 Å². The number of hydrogen-bond acceptors (Lipinski definition) is 3. The van der Waals surface area contributed by atoms with Gasteiger partial charge < -0.3 is 15.1 Å². The van der Waals surface area contributed by atoms with E-state index >= 15 is 0 Å². The van der Waals surface area contributed by atoms with Crippen molar-refractivity contribution in [3.8, 4) is 0 Å². The summed E-state index contributed by atoms with van der Waals surface area (Å²) in [6, 6.07) is 0.730. The third-order valence-corrected chi connectivity index (χ3v) is 4.43. The number of amides is 1. The highest BCUT2D eigenvalue weighted by Gasteiger charge is 2.27. The Balaban J connectivity index is 1.68. The molecule has 2 aliphatic rings. The molecule has 0 saturated carbocycles.